The van der Waals surface area contributed by atoms with Gasteiger partial charge in [0.15, 0.2) is 0 Å². The third kappa shape index (κ3) is 5.34. The molecule has 21 heavy (non-hydrogen) atoms. The molecule has 1 heterocycles. The highest BCUT2D eigenvalue weighted by Crippen LogP contribution is 2.20. The van der Waals surface area contributed by atoms with Crippen LogP contribution in [-0.4, -0.2) is 53.6 Å². The van der Waals surface area contributed by atoms with Gasteiger partial charge in [0, 0.05) is 19.0 Å². The Morgan fingerprint density at radius 3 is 2.57 bits per heavy atom. The quantitative estimate of drug-likeness (QED) is 0.674. The van der Waals surface area contributed by atoms with Crippen molar-refractivity contribution in [1.82, 2.24) is 15.5 Å². The number of amides is 3. The largest absolute Gasteiger partial charge is 0.481 e. The summed E-state index contributed by atoms with van der Waals surface area (Å²) in [5, 5.41) is 13.8. The highest BCUT2D eigenvalue weighted by Gasteiger charge is 2.31. The molecule has 1 aliphatic rings. The predicted octanol–water partition coefficient (Wildman–Crippen LogP) is 0.797. The number of likely N-dealkylation sites (N-methyl/N-ethyl adjacent to an activating group) is 1. The Balaban J connectivity index is 2.33. The van der Waals surface area contributed by atoms with Crippen LogP contribution in [0, 0.1) is 5.41 Å². The average molecular weight is 299 g/mol. The molecular weight excluding hydrogens is 274 g/mol. The molecule has 0 aromatic rings. The van der Waals surface area contributed by atoms with E-state index in [4.69, 9.17) is 5.11 Å². The minimum Gasteiger partial charge on any atom is -0.481 e. The first-order valence-corrected chi connectivity index (χ1v) is 7.31. The maximum Gasteiger partial charge on any atom is 0.321 e. The Bertz CT molecular complexity index is 409. The molecular formula is C14H25N3O4. The third-order valence-corrected chi connectivity index (χ3v) is 3.84. The molecule has 1 saturated heterocycles. The van der Waals surface area contributed by atoms with E-state index in [1.807, 2.05) is 0 Å². The van der Waals surface area contributed by atoms with Crippen molar-refractivity contribution in [3.8, 4) is 0 Å². The van der Waals surface area contributed by atoms with Crippen LogP contribution in [0.15, 0.2) is 0 Å². The fraction of sp³-hybridized carbons (Fsp3) is 0.786. The molecule has 0 aliphatic carbocycles. The molecule has 1 atom stereocenters. The Hall–Kier alpha value is -1.63. The SMILES string of the molecule is CCN1CCCC1CNC(=O)NC(=O)CC(C)(C)C(=O)O. The first kappa shape index (κ1) is 17.4. The standard InChI is InChI=1S/C14H25N3O4/c1-4-17-7-5-6-10(17)9-15-13(21)16-11(18)8-14(2,3)12(19)20/h10H,4-9H2,1-3H3,(H,19,20)(H2,15,16,18,21). The summed E-state index contributed by atoms with van der Waals surface area (Å²) in [6, 6.07) is -0.254. The lowest BCUT2D eigenvalue weighted by Crippen LogP contribution is -2.46. The second kappa shape index (κ2) is 7.40. The van der Waals surface area contributed by atoms with Gasteiger partial charge in [-0.15, -0.1) is 0 Å². The molecule has 0 bridgehead atoms. The van der Waals surface area contributed by atoms with Crippen molar-refractivity contribution in [2.75, 3.05) is 19.6 Å². The molecule has 0 spiro atoms. The number of hydrogen-bond acceptors (Lipinski definition) is 4. The molecule has 1 rings (SSSR count). The van der Waals surface area contributed by atoms with Crippen molar-refractivity contribution in [1.29, 1.82) is 0 Å². The Labute approximate surface area is 125 Å². The number of nitrogens with one attached hydrogen (secondary N) is 2. The smallest absolute Gasteiger partial charge is 0.321 e. The zero-order valence-corrected chi connectivity index (χ0v) is 12.9. The number of imide groups is 1. The molecule has 1 fully saturated rings. The first-order valence-electron chi connectivity index (χ1n) is 7.31. The second-order valence-electron chi connectivity index (χ2n) is 6.05. The van der Waals surface area contributed by atoms with Gasteiger partial charge in [-0.25, -0.2) is 4.79 Å². The summed E-state index contributed by atoms with van der Waals surface area (Å²) in [5.74, 6) is -1.65. The Morgan fingerprint density at radius 2 is 2.00 bits per heavy atom. The Kier molecular flexibility index (Phi) is 6.14. The van der Waals surface area contributed by atoms with Gasteiger partial charge in [0.25, 0.3) is 0 Å². The van der Waals surface area contributed by atoms with Crippen molar-refractivity contribution in [3.05, 3.63) is 0 Å². The lowest BCUT2D eigenvalue weighted by Gasteiger charge is -2.23. The number of carbonyl (C=O) groups excluding carboxylic acids is 2. The number of carbonyl (C=O) groups is 3. The zero-order chi connectivity index (χ0) is 16.0. The lowest BCUT2D eigenvalue weighted by atomic mass is 9.89. The van der Waals surface area contributed by atoms with Gasteiger partial charge in [-0.2, -0.15) is 0 Å². The van der Waals surface area contributed by atoms with Gasteiger partial charge >= 0.3 is 12.0 Å². The summed E-state index contributed by atoms with van der Waals surface area (Å²) in [7, 11) is 0. The van der Waals surface area contributed by atoms with Gasteiger partial charge < -0.3 is 10.4 Å². The lowest BCUT2D eigenvalue weighted by molar-refractivity contribution is -0.149. The normalized spacial score (nSPS) is 19.3. The van der Waals surface area contributed by atoms with Crippen LogP contribution in [-0.2, 0) is 9.59 Å². The van der Waals surface area contributed by atoms with E-state index in [2.05, 4.69) is 22.5 Å². The highest BCUT2D eigenvalue weighted by molar-refractivity contribution is 5.96. The summed E-state index contributed by atoms with van der Waals surface area (Å²) >= 11 is 0. The summed E-state index contributed by atoms with van der Waals surface area (Å²) in [4.78, 5) is 36.5. The minimum atomic E-state index is -1.19. The second-order valence-corrected chi connectivity index (χ2v) is 6.05. The molecule has 0 radical (unpaired) electrons. The van der Waals surface area contributed by atoms with E-state index in [0.717, 1.165) is 25.9 Å². The molecule has 120 valence electrons. The van der Waals surface area contributed by atoms with Gasteiger partial charge in [-0.05, 0) is 39.8 Å². The molecule has 7 heteroatoms. The van der Waals surface area contributed by atoms with Gasteiger partial charge in [-0.3, -0.25) is 19.8 Å². The topological polar surface area (TPSA) is 98.7 Å². The summed E-state index contributed by atoms with van der Waals surface area (Å²) in [6.45, 7) is 7.45. The molecule has 1 aliphatic heterocycles. The van der Waals surface area contributed by atoms with Crippen molar-refractivity contribution < 1.29 is 19.5 Å². The van der Waals surface area contributed by atoms with Crippen molar-refractivity contribution in [2.45, 2.75) is 46.1 Å². The van der Waals surface area contributed by atoms with Crippen LogP contribution in [0.3, 0.4) is 0 Å². The molecule has 1 unspecified atom stereocenters. The number of likely N-dealkylation sites (tertiary alicyclic amines) is 1. The van der Waals surface area contributed by atoms with E-state index in [1.54, 1.807) is 0 Å². The van der Waals surface area contributed by atoms with Crippen molar-refractivity contribution in [2.24, 2.45) is 5.41 Å². The van der Waals surface area contributed by atoms with Crippen LogP contribution >= 0.6 is 0 Å². The predicted molar refractivity (Wildman–Crippen MR) is 77.8 cm³/mol. The van der Waals surface area contributed by atoms with Crippen LogP contribution in [0.1, 0.15) is 40.0 Å². The monoisotopic (exact) mass is 299 g/mol. The van der Waals surface area contributed by atoms with E-state index in [9.17, 15) is 14.4 Å². The number of nitrogens with zero attached hydrogens (tertiary/aromatic N) is 1. The van der Waals surface area contributed by atoms with E-state index < -0.39 is 23.3 Å². The molecule has 3 N–H and O–H groups in total. The van der Waals surface area contributed by atoms with E-state index in [0.29, 0.717) is 12.6 Å². The Morgan fingerprint density at radius 1 is 1.33 bits per heavy atom. The first-order chi connectivity index (χ1) is 9.76. The fourth-order valence-electron chi connectivity index (χ4n) is 2.45. The van der Waals surface area contributed by atoms with Crippen LogP contribution in [0.4, 0.5) is 4.79 Å². The van der Waals surface area contributed by atoms with Crippen molar-refractivity contribution >= 4 is 17.9 Å². The maximum atomic E-state index is 11.7. The summed E-state index contributed by atoms with van der Waals surface area (Å²) in [6.07, 6.45) is 1.92. The van der Waals surface area contributed by atoms with Crippen molar-refractivity contribution in [3.63, 3.8) is 0 Å². The molecule has 3 amide bonds. The van der Waals surface area contributed by atoms with Crippen LogP contribution < -0.4 is 10.6 Å². The number of carboxylic acids is 1. The third-order valence-electron chi connectivity index (χ3n) is 3.84. The van der Waals surface area contributed by atoms with E-state index in [-0.39, 0.29) is 6.42 Å². The van der Waals surface area contributed by atoms with Gasteiger partial charge in [0.1, 0.15) is 0 Å². The molecule has 0 aromatic carbocycles. The number of urea groups is 1. The number of aliphatic carboxylic acids is 1. The maximum absolute atomic E-state index is 11.7. The van der Waals surface area contributed by atoms with Gasteiger partial charge in [0.2, 0.25) is 5.91 Å². The summed E-state index contributed by atoms with van der Waals surface area (Å²) in [5.41, 5.74) is -1.19. The number of rotatable bonds is 6. The van der Waals surface area contributed by atoms with Gasteiger partial charge in [0.05, 0.1) is 5.41 Å². The van der Waals surface area contributed by atoms with E-state index >= 15 is 0 Å². The van der Waals surface area contributed by atoms with Gasteiger partial charge in [-0.1, -0.05) is 6.92 Å². The molecule has 0 aromatic heterocycles. The molecule has 7 nitrogen and oxygen atoms in total. The fourth-order valence-corrected chi connectivity index (χ4v) is 2.45. The number of carboxylic acid groups (broad SMARTS) is 1. The van der Waals surface area contributed by atoms with Crippen LogP contribution in [0.25, 0.3) is 0 Å². The average Bonchev–Trinajstić information content (AvgIpc) is 2.82. The number of hydrogen-bond donors (Lipinski definition) is 3. The molecule has 0 saturated carbocycles. The minimum absolute atomic E-state index is 0.236. The summed E-state index contributed by atoms with van der Waals surface area (Å²) < 4.78 is 0. The van der Waals surface area contributed by atoms with Crippen LogP contribution in [0.5, 0.6) is 0 Å². The zero-order valence-electron chi connectivity index (χ0n) is 12.9. The highest BCUT2D eigenvalue weighted by atomic mass is 16.4. The van der Waals surface area contributed by atoms with Crippen LogP contribution in [0.2, 0.25) is 0 Å². The van der Waals surface area contributed by atoms with E-state index in [1.165, 1.54) is 13.8 Å².